The van der Waals surface area contributed by atoms with E-state index in [1.54, 1.807) is 17.1 Å². The van der Waals surface area contributed by atoms with Crippen LogP contribution in [0.4, 0.5) is 0 Å². The molecule has 0 spiro atoms. The third-order valence-corrected chi connectivity index (χ3v) is 1.80. The smallest absolute Gasteiger partial charge is 0.182 e. The minimum atomic E-state index is 0.113. The van der Waals surface area contributed by atoms with Crippen LogP contribution in [0.5, 0.6) is 0 Å². The molecule has 0 amide bonds. The molecule has 13 heavy (non-hydrogen) atoms. The van der Waals surface area contributed by atoms with Gasteiger partial charge >= 0.3 is 0 Å². The zero-order valence-electron chi connectivity index (χ0n) is 7.86. The van der Waals surface area contributed by atoms with Crippen molar-refractivity contribution in [3.63, 3.8) is 0 Å². The second-order valence-corrected chi connectivity index (χ2v) is 3.03. The molecule has 0 fully saturated rings. The Bertz CT molecular complexity index is 302. The highest BCUT2D eigenvalue weighted by Gasteiger charge is 2.06. The highest BCUT2D eigenvalue weighted by molar-refractivity contribution is 5.93. The van der Waals surface area contributed by atoms with E-state index in [2.05, 4.69) is 11.6 Å². The van der Waals surface area contributed by atoms with Crippen LogP contribution in [0.25, 0.3) is 0 Å². The summed E-state index contributed by atoms with van der Waals surface area (Å²) in [6, 6.07) is 0. The van der Waals surface area contributed by atoms with Crippen molar-refractivity contribution in [3.8, 4) is 0 Å². The number of aryl methyl sites for hydroxylation is 1. The first-order chi connectivity index (χ1) is 6.24. The molecule has 0 bridgehead atoms. The summed E-state index contributed by atoms with van der Waals surface area (Å²) in [7, 11) is 1.85. The molecule has 0 aliphatic carbocycles. The van der Waals surface area contributed by atoms with Crippen molar-refractivity contribution < 1.29 is 4.79 Å². The molecule has 1 aromatic rings. The number of Topliss-reactive ketones (excluding diaryl/α,β-unsaturated/α-hetero) is 1. The van der Waals surface area contributed by atoms with E-state index in [-0.39, 0.29) is 5.78 Å². The van der Waals surface area contributed by atoms with E-state index in [1.807, 2.05) is 13.1 Å². The fraction of sp³-hybridized carbons (Fsp3) is 0.400. The van der Waals surface area contributed by atoms with Crippen LogP contribution in [0, 0.1) is 0 Å². The van der Waals surface area contributed by atoms with Crippen LogP contribution >= 0.6 is 0 Å². The summed E-state index contributed by atoms with van der Waals surface area (Å²) in [5.41, 5.74) is 0.562. The first kappa shape index (κ1) is 9.71. The molecule has 0 saturated carbocycles. The van der Waals surface area contributed by atoms with Gasteiger partial charge in [-0.05, 0) is 12.8 Å². The van der Waals surface area contributed by atoms with E-state index in [0.29, 0.717) is 12.1 Å². The lowest BCUT2D eigenvalue weighted by Gasteiger charge is -1.93. The Morgan fingerprint density at radius 2 is 2.54 bits per heavy atom. The highest BCUT2D eigenvalue weighted by Crippen LogP contribution is 2.04. The maximum absolute atomic E-state index is 11.4. The van der Waals surface area contributed by atoms with Crippen LogP contribution < -0.4 is 0 Å². The predicted octanol–water partition coefficient (Wildman–Crippen LogP) is 1.96. The first-order valence-corrected chi connectivity index (χ1v) is 4.36. The van der Waals surface area contributed by atoms with E-state index in [0.717, 1.165) is 12.8 Å². The normalized spacial score (nSPS) is 9.92. The van der Waals surface area contributed by atoms with Gasteiger partial charge in [0.25, 0.3) is 0 Å². The number of carbonyl (C=O) groups excluding carboxylic acids is 1. The Labute approximate surface area is 78.1 Å². The molecule has 0 atom stereocenters. The summed E-state index contributed by atoms with van der Waals surface area (Å²) in [4.78, 5) is 15.4. The summed E-state index contributed by atoms with van der Waals surface area (Å²) in [6.45, 7) is 3.60. The van der Waals surface area contributed by atoms with Gasteiger partial charge in [-0.2, -0.15) is 0 Å². The average Bonchev–Trinajstić information content (AvgIpc) is 2.52. The molecule has 0 unspecified atom stereocenters. The fourth-order valence-corrected chi connectivity index (χ4v) is 1.09. The van der Waals surface area contributed by atoms with Gasteiger partial charge in [-0.1, -0.05) is 6.08 Å². The number of hydrogen-bond acceptors (Lipinski definition) is 2. The molecule has 3 heteroatoms. The van der Waals surface area contributed by atoms with Crippen LogP contribution in [-0.2, 0) is 7.05 Å². The van der Waals surface area contributed by atoms with E-state index in [4.69, 9.17) is 0 Å². The van der Waals surface area contributed by atoms with E-state index < -0.39 is 0 Å². The molecule has 3 nitrogen and oxygen atoms in total. The Morgan fingerprint density at radius 1 is 1.77 bits per heavy atom. The molecule has 70 valence electrons. The summed E-state index contributed by atoms with van der Waals surface area (Å²) in [5.74, 6) is 0.113. The summed E-state index contributed by atoms with van der Waals surface area (Å²) in [5, 5.41) is 0. The number of rotatable bonds is 5. The number of imidazole rings is 1. The van der Waals surface area contributed by atoms with Crippen molar-refractivity contribution >= 4 is 5.78 Å². The molecule has 0 aromatic carbocycles. The lowest BCUT2D eigenvalue weighted by Crippen LogP contribution is -1.98. The molecule has 0 saturated heterocycles. The maximum Gasteiger partial charge on any atom is 0.182 e. The number of aromatic nitrogens is 2. The van der Waals surface area contributed by atoms with Crippen LogP contribution in [0.1, 0.15) is 29.8 Å². The minimum Gasteiger partial charge on any atom is -0.340 e. The van der Waals surface area contributed by atoms with Gasteiger partial charge in [-0.3, -0.25) is 4.79 Å². The Hall–Kier alpha value is -1.38. The van der Waals surface area contributed by atoms with Crippen LogP contribution in [0.2, 0.25) is 0 Å². The van der Waals surface area contributed by atoms with Crippen LogP contribution in [0.15, 0.2) is 25.2 Å². The summed E-state index contributed by atoms with van der Waals surface area (Å²) >= 11 is 0. The molecule has 0 radical (unpaired) electrons. The molecular weight excluding hydrogens is 164 g/mol. The van der Waals surface area contributed by atoms with Gasteiger partial charge in [-0.25, -0.2) is 4.98 Å². The topological polar surface area (TPSA) is 34.9 Å². The fourth-order valence-electron chi connectivity index (χ4n) is 1.09. The Morgan fingerprint density at radius 3 is 3.08 bits per heavy atom. The van der Waals surface area contributed by atoms with Gasteiger partial charge in [-0.15, -0.1) is 6.58 Å². The second kappa shape index (κ2) is 4.60. The number of ketones is 1. The zero-order chi connectivity index (χ0) is 9.68. The summed E-state index contributed by atoms with van der Waals surface area (Å²) in [6.07, 6.45) is 7.52. The molecule has 0 aliphatic heterocycles. The van der Waals surface area contributed by atoms with Gasteiger partial charge < -0.3 is 4.57 Å². The zero-order valence-corrected chi connectivity index (χ0v) is 7.86. The van der Waals surface area contributed by atoms with E-state index in [9.17, 15) is 4.79 Å². The van der Waals surface area contributed by atoms with E-state index in [1.165, 1.54) is 0 Å². The first-order valence-electron chi connectivity index (χ1n) is 4.36. The molecule has 0 aliphatic rings. The quantitative estimate of drug-likeness (QED) is 0.392. The monoisotopic (exact) mass is 178 g/mol. The third-order valence-electron chi connectivity index (χ3n) is 1.80. The van der Waals surface area contributed by atoms with Gasteiger partial charge in [0.05, 0.1) is 6.33 Å². The average molecular weight is 178 g/mol. The largest absolute Gasteiger partial charge is 0.340 e. The number of hydrogen-bond donors (Lipinski definition) is 0. The second-order valence-electron chi connectivity index (χ2n) is 3.03. The van der Waals surface area contributed by atoms with Crippen molar-refractivity contribution in [2.45, 2.75) is 19.3 Å². The Balaban J connectivity index is 2.44. The standard InChI is InChI=1S/C10H14N2O/c1-3-4-5-6-10(13)9-7-12(2)8-11-9/h3,7-8H,1,4-6H2,2H3. The van der Waals surface area contributed by atoms with Gasteiger partial charge in [0.15, 0.2) is 5.78 Å². The third kappa shape index (κ3) is 2.86. The number of carbonyl (C=O) groups is 1. The molecular formula is C10H14N2O. The molecule has 1 rings (SSSR count). The number of allylic oxidation sites excluding steroid dienone is 1. The van der Waals surface area contributed by atoms with Gasteiger partial charge in [0, 0.05) is 19.7 Å². The molecule has 1 heterocycles. The SMILES string of the molecule is C=CCCCC(=O)c1cn(C)cn1. The van der Waals surface area contributed by atoms with Crippen molar-refractivity contribution in [1.82, 2.24) is 9.55 Å². The number of unbranched alkanes of at least 4 members (excludes halogenated alkanes) is 1. The van der Waals surface area contributed by atoms with Crippen LogP contribution in [0.3, 0.4) is 0 Å². The van der Waals surface area contributed by atoms with Crippen molar-refractivity contribution in [2.24, 2.45) is 7.05 Å². The van der Waals surface area contributed by atoms with Crippen molar-refractivity contribution in [1.29, 1.82) is 0 Å². The lowest BCUT2D eigenvalue weighted by atomic mass is 10.1. The number of nitrogens with zero attached hydrogens (tertiary/aromatic N) is 2. The lowest BCUT2D eigenvalue weighted by molar-refractivity contribution is 0.0976. The predicted molar refractivity (Wildman–Crippen MR) is 51.6 cm³/mol. The van der Waals surface area contributed by atoms with Crippen molar-refractivity contribution in [3.05, 3.63) is 30.9 Å². The molecule has 0 N–H and O–H groups in total. The summed E-state index contributed by atoms with van der Waals surface area (Å²) < 4.78 is 1.78. The van der Waals surface area contributed by atoms with Crippen LogP contribution in [-0.4, -0.2) is 15.3 Å². The molecule has 1 aromatic heterocycles. The van der Waals surface area contributed by atoms with Crippen molar-refractivity contribution in [2.75, 3.05) is 0 Å². The Kier molecular flexibility index (Phi) is 3.43. The minimum absolute atomic E-state index is 0.113. The maximum atomic E-state index is 11.4. The highest BCUT2D eigenvalue weighted by atomic mass is 16.1. The van der Waals surface area contributed by atoms with Gasteiger partial charge in [0.1, 0.15) is 5.69 Å². The van der Waals surface area contributed by atoms with E-state index >= 15 is 0 Å². The van der Waals surface area contributed by atoms with Gasteiger partial charge in [0.2, 0.25) is 0 Å².